The van der Waals surface area contributed by atoms with Crippen molar-refractivity contribution >= 4 is 0 Å². The summed E-state index contributed by atoms with van der Waals surface area (Å²) in [7, 11) is 5.42. The summed E-state index contributed by atoms with van der Waals surface area (Å²) in [5.41, 5.74) is 3.41. The van der Waals surface area contributed by atoms with Crippen LogP contribution in [-0.2, 0) is 4.74 Å². The SMILES string of the molecule is COc1cc2c(cc1OC)[C@H](O)O[C@H]1CC=C3CCN(C)[C@@H]3[C@H]21. The number of likely N-dealkylation sites (tertiary alicyclic amines) is 1. The van der Waals surface area contributed by atoms with Crippen LogP contribution in [0, 0.1) is 0 Å². The molecule has 0 bridgehead atoms. The minimum atomic E-state index is -0.910. The van der Waals surface area contributed by atoms with Crippen LogP contribution in [0.15, 0.2) is 23.8 Å². The van der Waals surface area contributed by atoms with Gasteiger partial charge in [0.1, 0.15) is 0 Å². The van der Waals surface area contributed by atoms with Crippen molar-refractivity contribution in [2.24, 2.45) is 0 Å². The lowest BCUT2D eigenvalue weighted by molar-refractivity contribution is -0.162. The molecule has 0 amide bonds. The van der Waals surface area contributed by atoms with Crippen molar-refractivity contribution in [3.05, 3.63) is 34.9 Å². The van der Waals surface area contributed by atoms with Crippen LogP contribution in [0.2, 0.25) is 0 Å². The molecule has 1 aromatic carbocycles. The largest absolute Gasteiger partial charge is 0.493 e. The van der Waals surface area contributed by atoms with Gasteiger partial charge in [-0.1, -0.05) is 11.6 Å². The predicted octanol–water partition coefficient (Wildman–Crippen LogP) is 2.21. The van der Waals surface area contributed by atoms with E-state index >= 15 is 0 Å². The Morgan fingerprint density at radius 2 is 1.87 bits per heavy atom. The zero-order chi connectivity index (χ0) is 16.1. The zero-order valence-corrected chi connectivity index (χ0v) is 13.8. The quantitative estimate of drug-likeness (QED) is 0.848. The van der Waals surface area contributed by atoms with E-state index in [0.717, 1.165) is 30.5 Å². The highest BCUT2D eigenvalue weighted by molar-refractivity contribution is 5.52. The molecule has 4 atom stereocenters. The molecule has 5 nitrogen and oxygen atoms in total. The summed E-state index contributed by atoms with van der Waals surface area (Å²) in [4.78, 5) is 2.39. The number of methoxy groups -OCH3 is 2. The van der Waals surface area contributed by atoms with E-state index < -0.39 is 6.29 Å². The third-order valence-corrected chi connectivity index (χ3v) is 5.48. The number of aliphatic hydroxyl groups is 1. The van der Waals surface area contributed by atoms with Crippen LogP contribution < -0.4 is 9.47 Å². The Kier molecular flexibility index (Phi) is 3.59. The molecule has 1 fully saturated rings. The van der Waals surface area contributed by atoms with Gasteiger partial charge in [0.15, 0.2) is 17.8 Å². The number of rotatable bonds is 2. The van der Waals surface area contributed by atoms with Crippen LogP contribution in [-0.4, -0.2) is 50.0 Å². The number of likely N-dealkylation sites (N-methyl/N-ethyl adjacent to an activating group) is 1. The van der Waals surface area contributed by atoms with E-state index in [9.17, 15) is 5.11 Å². The molecule has 0 aromatic heterocycles. The minimum absolute atomic E-state index is 0.00454. The third kappa shape index (κ3) is 2.18. The molecule has 2 aliphatic heterocycles. The molecule has 4 rings (SSSR count). The monoisotopic (exact) mass is 317 g/mol. The standard InChI is InChI=1S/C18H23NO4/c1-19-7-6-10-4-5-13-16(17(10)19)11-8-14(21-2)15(22-3)9-12(11)18(20)23-13/h4,8-9,13,16-18,20H,5-7H2,1-3H3/t13-,16+,17-,18+/m0/s1. The molecular formula is C18H23NO4. The summed E-state index contributed by atoms with van der Waals surface area (Å²) in [6.45, 7) is 1.07. The van der Waals surface area contributed by atoms with Gasteiger partial charge in [0.05, 0.1) is 20.3 Å². The number of aliphatic hydroxyl groups excluding tert-OH is 1. The first-order valence-corrected chi connectivity index (χ1v) is 8.12. The van der Waals surface area contributed by atoms with Gasteiger partial charge < -0.3 is 19.3 Å². The first-order chi connectivity index (χ1) is 11.1. The maximum absolute atomic E-state index is 10.4. The number of hydrogen-bond acceptors (Lipinski definition) is 5. The van der Waals surface area contributed by atoms with Gasteiger partial charge in [-0.3, -0.25) is 4.90 Å². The summed E-state index contributed by atoms with van der Waals surface area (Å²) in [5.74, 6) is 1.55. The number of benzene rings is 1. The highest BCUT2D eigenvalue weighted by Gasteiger charge is 2.46. The topological polar surface area (TPSA) is 51.2 Å². The Labute approximate surface area is 136 Å². The van der Waals surface area contributed by atoms with E-state index in [2.05, 4.69) is 18.0 Å². The first kappa shape index (κ1) is 15.0. The van der Waals surface area contributed by atoms with Crippen LogP contribution in [0.1, 0.15) is 36.2 Å². The molecule has 1 aromatic rings. The molecule has 0 radical (unpaired) electrons. The van der Waals surface area contributed by atoms with Gasteiger partial charge in [-0.05, 0) is 37.6 Å². The summed E-state index contributed by atoms with van der Waals surface area (Å²) >= 11 is 0. The van der Waals surface area contributed by atoms with Crippen molar-refractivity contribution < 1.29 is 19.3 Å². The Morgan fingerprint density at radius 1 is 1.17 bits per heavy atom. The second-order valence-corrected chi connectivity index (χ2v) is 6.58. The Morgan fingerprint density at radius 3 is 2.57 bits per heavy atom. The van der Waals surface area contributed by atoms with Crippen LogP contribution in [0.3, 0.4) is 0 Å². The fourth-order valence-corrected chi connectivity index (χ4v) is 4.38. The fourth-order valence-electron chi connectivity index (χ4n) is 4.38. The van der Waals surface area contributed by atoms with E-state index in [-0.39, 0.29) is 12.0 Å². The van der Waals surface area contributed by atoms with Gasteiger partial charge in [0.2, 0.25) is 0 Å². The lowest BCUT2D eigenvalue weighted by atomic mass is 9.74. The van der Waals surface area contributed by atoms with Gasteiger partial charge in [-0.15, -0.1) is 0 Å². The fraction of sp³-hybridized carbons (Fsp3) is 0.556. The summed E-state index contributed by atoms with van der Waals surface area (Å²) in [6, 6.07) is 4.22. The van der Waals surface area contributed by atoms with Crippen molar-refractivity contribution in [3.63, 3.8) is 0 Å². The predicted molar refractivity (Wildman–Crippen MR) is 85.9 cm³/mol. The third-order valence-electron chi connectivity index (χ3n) is 5.48. The van der Waals surface area contributed by atoms with Gasteiger partial charge in [-0.2, -0.15) is 0 Å². The molecule has 1 saturated heterocycles. The Hall–Kier alpha value is -1.56. The Balaban J connectivity index is 1.86. The molecule has 0 spiro atoms. The smallest absolute Gasteiger partial charge is 0.181 e. The van der Waals surface area contributed by atoms with Gasteiger partial charge in [0.25, 0.3) is 0 Å². The molecule has 124 valence electrons. The van der Waals surface area contributed by atoms with Crippen molar-refractivity contribution in [2.75, 3.05) is 27.8 Å². The maximum Gasteiger partial charge on any atom is 0.181 e. The second-order valence-electron chi connectivity index (χ2n) is 6.58. The first-order valence-electron chi connectivity index (χ1n) is 8.12. The average Bonchev–Trinajstić information content (AvgIpc) is 2.95. The molecule has 2 heterocycles. The van der Waals surface area contributed by atoms with Crippen LogP contribution >= 0.6 is 0 Å². The molecule has 0 unspecified atom stereocenters. The molecule has 23 heavy (non-hydrogen) atoms. The molecular weight excluding hydrogens is 294 g/mol. The number of ether oxygens (including phenoxy) is 3. The lowest BCUT2D eigenvalue weighted by Crippen LogP contribution is -2.44. The second kappa shape index (κ2) is 5.51. The van der Waals surface area contributed by atoms with Crippen LogP contribution in [0.25, 0.3) is 0 Å². The van der Waals surface area contributed by atoms with E-state index in [1.54, 1.807) is 14.2 Å². The van der Waals surface area contributed by atoms with Crippen molar-refractivity contribution in [2.45, 2.75) is 37.2 Å². The zero-order valence-electron chi connectivity index (χ0n) is 13.8. The molecule has 1 N–H and O–H groups in total. The number of fused-ring (bicyclic) bond motifs is 5. The van der Waals surface area contributed by atoms with E-state index in [1.807, 2.05) is 12.1 Å². The summed E-state index contributed by atoms with van der Waals surface area (Å²) < 4.78 is 16.8. The van der Waals surface area contributed by atoms with E-state index in [4.69, 9.17) is 14.2 Å². The summed E-state index contributed by atoms with van der Waals surface area (Å²) in [6.07, 6.45) is 3.37. The van der Waals surface area contributed by atoms with Crippen LogP contribution in [0.4, 0.5) is 0 Å². The summed E-state index contributed by atoms with van der Waals surface area (Å²) in [5, 5.41) is 10.4. The van der Waals surface area contributed by atoms with E-state index in [1.165, 1.54) is 5.57 Å². The van der Waals surface area contributed by atoms with Crippen molar-refractivity contribution in [1.29, 1.82) is 0 Å². The normalized spacial score (nSPS) is 32.6. The minimum Gasteiger partial charge on any atom is -0.493 e. The number of hydrogen-bond donors (Lipinski definition) is 1. The average molecular weight is 317 g/mol. The van der Waals surface area contributed by atoms with Crippen LogP contribution in [0.5, 0.6) is 11.5 Å². The van der Waals surface area contributed by atoms with Gasteiger partial charge in [0, 0.05) is 24.1 Å². The number of nitrogens with zero attached hydrogens (tertiary/aromatic N) is 1. The molecule has 5 heteroatoms. The highest BCUT2D eigenvalue weighted by atomic mass is 16.6. The van der Waals surface area contributed by atoms with Crippen molar-refractivity contribution in [3.8, 4) is 11.5 Å². The molecule has 1 aliphatic carbocycles. The van der Waals surface area contributed by atoms with E-state index in [0.29, 0.717) is 17.5 Å². The van der Waals surface area contributed by atoms with Gasteiger partial charge in [-0.25, -0.2) is 0 Å². The lowest BCUT2D eigenvalue weighted by Gasteiger charge is -2.44. The van der Waals surface area contributed by atoms with Gasteiger partial charge >= 0.3 is 0 Å². The Bertz CT molecular complexity index is 657. The molecule has 3 aliphatic rings. The maximum atomic E-state index is 10.4. The van der Waals surface area contributed by atoms with Crippen molar-refractivity contribution in [1.82, 2.24) is 4.90 Å². The molecule has 0 saturated carbocycles. The highest BCUT2D eigenvalue weighted by Crippen LogP contribution is 2.50.